The van der Waals surface area contributed by atoms with Crippen LogP contribution in [0.15, 0.2) is 24.3 Å². The summed E-state index contributed by atoms with van der Waals surface area (Å²) in [6.45, 7) is 5.29. The van der Waals surface area contributed by atoms with Gasteiger partial charge in [-0.1, -0.05) is 19.1 Å². The minimum Gasteiger partial charge on any atom is -0.398 e. The second kappa shape index (κ2) is 5.40. The Morgan fingerprint density at radius 2 is 2.22 bits per heavy atom. The van der Waals surface area contributed by atoms with Gasteiger partial charge >= 0.3 is 0 Å². The summed E-state index contributed by atoms with van der Waals surface area (Å²) in [6, 6.07) is 7.37. The Balaban J connectivity index is 2.23. The minimum absolute atomic E-state index is 0.00935. The summed E-state index contributed by atoms with van der Waals surface area (Å²) in [6.07, 6.45) is 0.979. The van der Waals surface area contributed by atoms with Gasteiger partial charge in [-0.3, -0.25) is 4.79 Å². The summed E-state index contributed by atoms with van der Waals surface area (Å²) in [5, 5.41) is 0. The third kappa shape index (κ3) is 2.48. The third-order valence-corrected chi connectivity index (χ3v) is 3.39. The SMILES string of the molecule is CCC1COC(C)CN1C(=O)c1ccccc1N. The molecule has 4 heteroatoms. The Kier molecular flexibility index (Phi) is 3.87. The standard InChI is InChI=1S/C14H20N2O2/c1-3-11-9-18-10(2)8-16(11)14(17)12-6-4-5-7-13(12)15/h4-7,10-11H,3,8-9,15H2,1-2H3. The number of anilines is 1. The molecule has 0 spiro atoms. The van der Waals surface area contributed by atoms with E-state index >= 15 is 0 Å². The number of carbonyl (C=O) groups excluding carboxylic acids is 1. The molecule has 1 aromatic rings. The van der Waals surface area contributed by atoms with Gasteiger partial charge in [0.25, 0.3) is 5.91 Å². The first-order valence-electron chi connectivity index (χ1n) is 6.40. The van der Waals surface area contributed by atoms with Gasteiger partial charge in [-0.25, -0.2) is 0 Å². The maximum absolute atomic E-state index is 12.5. The van der Waals surface area contributed by atoms with Crippen LogP contribution in [-0.4, -0.2) is 36.1 Å². The molecule has 1 amide bonds. The van der Waals surface area contributed by atoms with E-state index in [0.29, 0.717) is 24.4 Å². The molecule has 98 valence electrons. The van der Waals surface area contributed by atoms with E-state index in [9.17, 15) is 4.79 Å². The molecule has 2 unspecified atom stereocenters. The van der Waals surface area contributed by atoms with Gasteiger partial charge in [-0.15, -0.1) is 0 Å². The maximum Gasteiger partial charge on any atom is 0.256 e. The molecule has 2 N–H and O–H groups in total. The molecule has 0 aliphatic carbocycles. The molecule has 2 rings (SSSR count). The molecular formula is C14H20N2O2. The largest absolute Gasteiger partial charge is 0.398 e. The first kappa shape index (κ1) is 12.9. The molecule has 2 atom stereocenters. The monoisotopic (exact) mass is 248 g/mol. The van der Waals surface area contributed by atoms with E-state index in [1.165, 1.54) is 0 Å². The molecule has 1 aliphatic heterocycles. The molecule has 18 heavy (non-hydrogen) atoms. The van der Waals surface area contributed by atoms with Crippen molar-refractivity contribution in [1.29, 1.82) is 0 Å². The highest BCUT2D eigenvalue weighted by Crippen LogP contribution is 2.20. The highest BCUT2D eigenvalue weighted by atomic mass is 16.5. The van der Waals surface area contributed by atoms with Gasteiger partial charge in [0.15, 0.2) is 0 Å². The number of carbonyl (C=O) groups is 1. The molecule has 0 radical (unpaired) electrons. The van der Waals surface area contributed by atoms with Crippen molar-refractivity contribution in [2.24, 2.45) is 0 Å². The minimum atomic E-state index is 0.00935. The van der Waals surface area contributed by atoms with Crippen LogP contribution in [0.1, 0.15) is 30.6 Å². The zero-order chi connectivity index (χ0) is 13.1. The number of amides is 1. The van der Waals surface area contributed by atoms with Crippen molar-refractivity contribution in [3.63, 3.8) is 0 Å². The van der Waals surface area contributed by atoms with E-state index in [1.54, 1.807) is 12.1 Å². The quantitative estimate of drug-likeness (QED) is 0.813. The highest BCUT2D eigenvalue weighted by Gasteiger charge is 2.30. The van der Waals surface area contributed by atoms with Crippen LogP contribution >= 0.6 is 0 Å². The molecule has 1 aliphatic rings. The molecule has 1 aromatic carbocycles. The Labute approximate surface area is 108 Å². The fourth-order valence-corrected chi connectivity index (χ4v) is 2.28. The number of nitrogens with zero attached hydrogens (tertiary/aromatic N) is 1. The van der Waals surface area contributed by atoms with Crippen molar-refractivity contribution in [1.82, 2.24) is 4.90 Å². The van der Waals surface area contributed by atoms with E-state index in [-0.39, 0.29) is 18.1 Å². The van der Waals surface area contributed by atoms with Crippen LogP contribution in [0, 0.1) is 0 Å². The van der Waals surface area contributed by atoms with Crippen LogP contribution in [0.3, 0.4) is 0 Å². The van der Waals surface area contributed by atoms with E-state index < -0.39 is 0 Å². The number of nitrogens with two attached hydrogens (primary N) is 1. The Hall–Kier alpha value is -1.55. The lowest BCUT2D eigenvalue weighted by atomic mass is 10.1. The van der Waals surface area contributed by atoms with Crippen LogP contribution in [0.25, 0.3) is 0 Å². The Bertz CT molecular complexity index is 434. The third-order valence-electron chi connectivity index (χ3n) is 3.39. The van der Waals surface area contributed by atoms with Gasteiger partial charge < -0.3 is 15.4 Å². The van der Waals surface area contributed by atoms with Crippen LogP contribution in [0.4, 0.5) is 5.69 Å². The Morgan fingerprint density at radius 1 is 1.50 bits per heavy atom. The fraction of sp³-hybridized carbons (Fsp3) is 0.500. The van der Waals surface area contributed by atoms with Gasteiger partial charge in [0.2, 0.25) is 0 Å². The van der Waals surface area contributed by atoms with Gasteiger partial charge in [0, 0.05) is 12.2 Å². The summed E-state index contributed by atoms with van der Waals surface area (Å²) in [4.78, 5) is 14.4. The van der Waals surface area contributed by atoms with Crippen molar-refractivity contribution in [3.8, 4) is 0 Å². The lowest BCUT2D eigenvalue weighted by Crippen LogP contribution is -2.51. The summed E-state index contributed by atoms with van der Waals surface area (Å²) in [7, 11) is 0. The van der Waals surface area contributed by atoms with Crippen LogP contribution < -0.4 is 5.73 Å². The zero-order valence-electron chi connectivity index (χ0n) is 10.9. The molecule has 1 fully saturated rings. The normalized spacial score (nSPS) is 24.0. The first-order chi connectivity index (χ1) is 8.63. The average Bonchev–Trinajstić information content (AvgIpc) is 2.38. The zero-order valence-corrected chi connectivity index (χ0v) is 10.9. The number of hydrogen-bond acceptors (Lipinski definition) is 3. The molecule has 1 heterocycles. The number of morpholine rings is 1. The summed E-state index contributed by atoms with van der Waals surface area (Å²) in [5.74, 6) is 0.00935. The number of ether oxygens (including phenoxy) is 1. The van der Waals surface area contributed by atoms with Crippen molar-refractivity contribution in [2.75, 3.05) is 18.9 Å². The highest BCUT2D eigenvalue weighted by molar-refractivity contribution is 5.99. The van der Waals surface area contributed by atoms with Crippen LogP contribution in [-0.2, 0) is 4.74 Å². The van der Waals surface area contributed by atoms with Crippen LogP contribution in [0.5, 0.6) is 0 Å². The van der Waals surface area contributed by atoms with E-state index in [4.69, 9.17) is 10.5 Å². The van der Waals surface area contributed by atoms with Gasteiger partial charge in [-0.05, 0) is 25.5 Å². The molecule has 4 nitrogen and oxygen atoms in total. The van der Waals surface area contributed by atoms with Crippen molar-refractivity contribution in [3.05, 3.63) is 29.8 Å². The lowest BCUT2D eigenvalue weighted by Gasteiger charge is -2.38. The smallest absolute Gasteiger partial charge is 0.256 e. The molecule has 0 saturated carbocycles. The van der Waals surface area contributed by atoms with E-state index in [0.717, 1.165) is 6.42 Å². The predicted octanol–water partition coefficient (Wildman–Crippen LogP) is 1.91. The van der Waals surface area contributed by atoms with Gasteiger partial charge in [-0.2, -0.15) is 0 Å². The second-order valence-corrected chi connectivity index (χ2v) is 4.75. The number of benzene rings is 1. The number of hydrogen-bond donors (Lipinski definition) is 1. The second-order valence-electron chi connectivity index (χ2n) is 4.75. The summed E-state index contributed by atoms with van der Waals surface area (Å²) < 4.78 is 5.60. The molecular weight excluding hydrogens is 228 g/mol. The van der Waals surface area contributed by atoms with Crippen LogP contribution in [0.2, 0.25) is 0 Å². The maximum atomic E-state index is 12.5. The predicted molar refractivity (Wildman–Crippen MR) is 71.4 cm³/mol. The average molecular weight is 248 g/mol. The van der Waals surface area contributed by atoms with Crippen molar-refractivity contribution >= 4 is 11.6 Å². The number of nitrogen functional groups attached to an aromatic ring is 1. The summed E-state index contributed by atoms with van der Waals surface area (Å²) in [5.41, 5.74) is 7.00. The van der Waals surface area contributed by atoms with E-state index in [1.807, 2.05) is 24.0 Å². The topological polar surface area (TPSA) is 55.6 Å². The lowest BCUT2D eigenvalue weighted by molar-refractivity contribution is -0.0443. The molecule has 1 saturated heterocycles. The summed E-state index contributed by atoms with van der Waals surface area (Å²) >= 11 is 0. The molecule has 0 aromatic heterocycles. The first-order valence-corrected chi connectivity index (χ1v) is 6.40. The molecule has 0 bridgehead atoms. The van der Waals surface area contributed by atoms with Crippen molar-refractivity contribution in [2.45, 2.75) is 32.4 Å². The number of para-hydroxylation sites is 1. The fourth-order valence-electron chi connectivity index (χ4n) is 2.28. The number of rotatable bonds is 2. The van der Waals surface area contributed by atoms with Gasteiger partial charge in [0.1, 0.15) is 0 Å². The van der Waals surface area contributed by atoms with Crippen molar-refractivity contribution < 1.29 is 9.53 Å². The van der Waals surface area contributed by atoms with Gasteiger partial charge in [0.05, 0.1) is 24.3 Å². The van der Waals surface area contributed by atoms with E-state index in [2.05, 4.69) is 6.92 Å². The Morgan fingerprint density at radius 3 is 2.89 bits per heavy atom.